The molecule has 1 aromatic carbocycles. The predicted octanol–water partition coefficient (Wildman–Crippen LogP) is 2.26. The maximum absolute atomic E-state index is 11.0. The molecule has 0 saturated heterocycles. The van der Waals surface area contributed by atoms with Gasteiger partial charge in [0.2, 0.25) is 0 Å². The van der Waals surface area contributed by atoms with Crippen LogP contribution in [0.5, 0.6) is 5.75 Å². The van der Waals surface area contributed by atoms with Gasteiger partial charge >= 0.3 is 5.97 Å². The van der Waals surface area contributed by atoms with E-state index in [1.54, 1.807) is 18.3 Å². The SMILES string of the molecule is CCOc1cc2[nH]ccc2cc1C(=O)O. The standard InChI is InChI=1S/C11H11NO3/c1-2-15-10-6-9-7(3-4-12-9)5-8(10)11(13)14/h3-6,12H,2H2,1H3,(H,13,14). The molecule has 0 aliphatic heterocycles. The number of carbonyl (C=O) groups is 1. The third kappa shape index (κ3) is 1.66. The molecular formula is C11H11NO3. The normalized spacial score (nSPS) is 10.5. The van der Waals surface area contributed by atoms with E-state index in [1.165, 1.54) is 0 Å². The highest BCUT2D eigenvalue weighted by Crippen LogP contribution is 2.25. The molecule has 1 aromatic heterocycles. The van der Waals surface area contributed by atoms with E-state index >= 15 is 0 Å². The summed E-state index contributed by atoms with van der Waals surface area (Å²) in [4.78, 5) is 14.0. The van der Waals surface area contributed by atoms with Gasteiger partial charge in [-0.1, -0.05) is 0 Å². The molecule has 0 aliphatic rings. The molecule has 4 nitrogen and oxygen atoms in total. The summed E-state index contributed by atoms with van der Waals surface area (Å²) in [5.41, 5.74) is 1.08. The second-order valence-electron chi connectivity index (χ2n) is 3.15. The van der Waals surface area contributed by atoms with Crippen LogP contribution in [0, 0.1) is 0 Å². The first-order valence-corrected chi connectivity index (χ1v) is 4.69. The average molecular weight is 205 g/mol. The number of carboxylic acids is 1. The van der Waals surface area contributed by atoms with Crippen LogP contribution < -0.4 is 4.74 Å². The van der Waals surface area contributed by atoms with Crippen LogP contribution in [-0.4, -0.2) is 22.7 Å². The number of aromatic carboxylic acids is 1. The van der Waals surface area contributed by atoms with Crippen LogP contribution in [0.25, 0.3) is 10.9 Å². The number of carboxylic acid groups (broad SMARTS) is 1. The molecule has 0 atom stereocenters. The van der Waals surface area contributed by atoms with Crippen molar-refractivity contribution < 1.29 is 14.6 Å². The van der Waals surface area contributed by atoms with Gasteiger partial charge in [0.05, 0.1) is 6.61 Å². The number of aromatic nitrogens is 1. The molecule has 4 heteroatoms. The fourth-order valence-corrected chi connectivity index (χ4v) is 1.52. The quantitative estimate of drug-likeness (QED) is 0.807. The highest BCUT2D eigenvalue weighted by Gasteiger charge is 2.12. The van der Waals surface area contributed by atoms with Gasteiger partial charge in [-0.3, -0.25) is 0 Å². The van der Waals surface area contributed by atoms with Crippen LogP contribution in [0.4, 0.5) is 0 Å². The minimum absolute atomic E-state index is 0.198. The number of H-pyrrole nitrogens is 1. The van der Waals surface area contributed by atoms with E-state index < -0.39 is 5.97 Å². The smallest absolute Gasteiger partial charge is 0.339 e. The van der Waals surface area contributed by atoms with E-state index in [4.69, 9.17) is 9.84 Å². The largest absolute Gasteiger partial charge is 0.493 e. The molecule has 0 amide bonds. The highest BCUT2D eigenvalue weighted by molar-refractivity contribution is 5.96. The third-order valence-electron chi connectivity index (χ3n) is 2.18. The summed E-state index contributed by atoms with van der Waals surface area (Å²) in [5.74, 6) is -0.568. The Balaban J connectivity index is 2.62. The molecule has 0 unspecified atom stereocenters. The summed E-state index contributed by atoms with van der Waals surface area (Å²) in [6.45, 7) is 2.27. The van der Waals surface area contributed by atoms with Gasteiger partial charge in [-0.15, -0.1) is 0 Å². The number of rotatable bonds is 3. The average Bonchev–Trinajstić information content (AvgIpc) is 2.63. The van der Waals surface area contributed by atoms with Gasteiger partial charge in [-0.25, -0.2) is 4.79 Å². The van der Waals surface area contributed by atoms with E-state index in [-0.39, 0.29) is 5.56 Å². The topological polar surface area (TPSA) is 62.3 Å². The Hall–Kier alpha value is -1.97. The zero-order valence-corrected chi connectivity index (χ0v) is 8.28. The first-order chi connectivity index (χ1) is 7.22. The van der Waals surface area contributed by atoms with Gasteiger partial charge in [0.25, 0.3) is 0 Å². The van der Waals surface area contributed by atoms with Crippen LogP contribution in [-0.2, 0) is 0 Å². The number of nitrogens with one attached hydrogen (secondary N) is 1. The second-order valence-corrected chi connectivity index (χ2v) is 3.15. The number of fused-ring (bicyclic) bond motifs is 1. The predicted molar refractivity (Wildman–Crippen MR) is 56.4 cm³/mol. The second kappa shape index (κ2) is 3.65. The van der Waals surface area contributed by atoms with Crippen molar-refractivity contribution >= 4 is 16.9 Å². The van der Waals surface area contributed by atoms with Crippen molar-refractivity contribution in [2.75, 3.05) is 6.61 Å². The Morgan fingerprint density at radius 3 is 3.00 bits per heavy atom. The van der Waals surface area contributed by atoms with Crippen molar-refractivity contribution in [1.29, 1.82) is 0 Å². The summed E-state index contributed by atoms with van der Waals surface area (Å²) in [5, 5.41) is 9.87. The summed E-state index contributed by atoms with van der Waals surface area (Å²) in [6, 6.07) is 5.15. The van der Waals surface area contributed by atoms with Crippen LogP contribution in [0.3, 0.4) is 0 Å². The molecule has 0 radical (unpaired) electrons. The van der Waals surface area contributed by atoms with Crippen LogP contribution in [0.15, 0.2) is 24.4 Å². The molecule has 0 spiro atoms. The Morgan fingerprint density at radius 1 is 1.53 bits per heavy atom. The zero-order chi connectivity index (χ0) is 10.8. The molecule has 78 valence electrons. The number of benzene rings is 1. The van der Waals surface area contributed by atoms with Crippen LogP contribution in [0.1, 0.15) is 17.3 Å². The Morgan fingerprint density at radius 2 is 2.33 bits per heavy atom. The molecule has 0 saturated carbocycles. The monoisotopic (exact) mass is 205 g/mol. The lowest BCUT2D eigenvalue weighted by molar-refractivity contribution is 0.0693. The fraction of sp³-hybridized carbons (Fsp3) is 0.182. The molecule has 0 aliphatic carbocycles. The molecule has 0 bridgehead atoms. The van der Waals surface area contributed by atoms with E-state index in [2.05, 4.69) is 4.98 Å². The highest BCUT2D eigenvalue weighted by atomic mass is 16.5. The molecule has 2 rings (SSSR count). The molecule has 2 aromatic rings. The molecule has 1 heterocycles. The lowest BCUT2D eigenvalue weighted by atomic mass is 10.1. The fourth-order valence-electron chi connectivity index (χ4n) is 1.52. The van der Waals surface area contributed by atoms with Crippen molar-refractivity contribution in [2.45, 2.75) is 6.92 Å². The summed E-state index contributed by atoms with van der Waals surface area (Å²) >= 11 is 0. The van der Waals surface area contributed by atoms with Crippen molar-refractivity contribution in [3.05, 3.63) is 30.0 Å². The van der Waals surface area contributed by atoms with Gasteiger partial charge in [0.15, 0.2) is 0 Å². The summed E-state index contributed by atoms with van der Waals surface area (Å²) < 4.78 is 5.27. The van der Waals surface area contributed by atoms with E-state index in [9.17, 15) is 4.79 Å². The van der Waals surface area contributed by atoms with Crippen molar-refractivity contribution in [3.63, 3.8) is 0 Å². The molecule has 2 N–H and O–H groups in total. The molecule has 0 fully saturated rings. The minimum Gasteiger partial charge on any atom is -0.493 e. The molecule has 15 heavy (non-hydrogen) atoms. The van der Waals surface area contributed by atoms with Gasteiger partial charge in [0.1, 0.15) is 11.3 Å². The van der Waals surface area contributed by atoms with Crippen molar-refractivity contribution in [2.24, 2.45) is 0 Å². The lowest BCUT2D eigenvalue weighted by Gasteiger charge is -2.06. The van der Waals surface area contributed by atoms with E-state index in [1.807, 2.05) is 13.0 Å². The number of hydrogen-bond acceptors (Lipinski definition) is 2. The Labute approximate surface area is 86.5 Å². The van der Waals surface area contributed by atoms with Gasteiger partial charge in [-0.2, -0.15) is 0 Å². The number of hydrogen-bond donors (Lipinski definition) is 2. The Kier molecular flexibility index (Phi) is 2.33. The number of aromatic amines is 1. The van der Waals surface area contributed by atoms with E-state index in [0.29, 0.717) is 12.4 Å². The van der Waals surface area contributed by atoms with Gasteiger partial charge in [-0.05, 0) is 19.1 Å². The van der Waals surface area contributed by atoms with Crippen molar-refractivity contribution in [1.82, 2.24) is 4.98 Å². The maximum Gasteiger partial charge on any atom is 0.339 e. The van der Waals surface area contributed by atoms with Gasteiger partial charge < -0.3 is 14.8 Å². The van der Waals surface area contributed by atoms with Gasteiger partial charge in [0, 0.05) is 23.2 Å². The maximum atomic E-state index is 11.0. The van der Waals surface area contributed by atoms with Crippen LogP contribution >= 0.6 is 0 Å². The molecular weight excluding hydrogens is 194 g/mol. The van der Waals surface area contributed by atoms with Crippen molar-refractivity contribution in [3.8, 4) is 5.75 Å². The van der Waals surface area contributed by atoms with Crippen LogP contribution in [0.2, 0.25) is 0 Å². The minimum atomic E-state index is -0.971. The first kappa shape index (κ1) is 9.58. The summed E-state index contributed by atoms with van der Waals surface area (Å²) in [7, 11) is 0. The third-order valence-corrected chi connectivity index (χ3v) is 2.18. The number of ether oxygens (including phenoxy) is 1. The van der Waals surface area contributed by atoms with E-state index in [0.717, 1.165) is 10.9 Å². The summed E-state index contributed by atoms with van der Waals surface area (Å²) in [6.07, 6.45) is 1.77. The lowest BCUT2D eigenvalue weighted by Crippen LogP contribution is -2.02. The zero-order valence-electron chi connectivity index (χ0n) is 8.28. The first-order valence-electron chi connectivity index (χ1n) is 4.69. The Bertz CT molecular complexity index is 502.